The summed E-state index contributed by atoms with van der Waals surface area (Å²) in [6.45, 7) is 2.17. The lowest BCUT2D eigenvalue weighted by atomic mass is 10.2. The number of carboxylic acid groups (broad SMARTS) is 1. The van der Waals surface area contributed by atoms with Crippen LogP contribution in [-0.2, 0) is 4.79 Å². The second-order valence-corrected chi connectivity index (χ2v) is 4.25. The third-order valence-electron chi connectivity index (χ3n) is 2.23. The molecule has 0 aromatic heterocycles. The van der Waals surface area contributed by atoms with Crippen molar-refractivity contribution in [3.05, 3.63) is 40.1 Å². The Bertz CT molecular complexity index is 446. The van der Waals surface area contributed by atoms with Gasteiger partial charge in [0, 0.05) is 22.3 Å². The largest absolute Gasteiger partial charge is 0.478 e. The molecule has 1 aromatic rings. The standard InChI is InChI=1S/C12H13BrFNO2/c1-2-8(12(16)17)5-6-15-11-4-3-9(14)7-10(11)13/h3-5,7,15H,2,6H2,1H3,(H,16,17)/b8-5-. The highest BCUT2D eigenvalue weighted by Crippen LogP contribution is 2.22. The Balaban J connectivity index is 2.65. The molecule has 3 nitrogen and oxygen atoms in total. The topological polar surface area (TPSA) is 49.3 Å². The van der Waals surface area contributed by atoms with Gasteiger partial charge in [-0.25, -0.2) is 9.18 Å². The molecular formula is C12H13BrFNO2. The molecule has 0 aliphatic heterocycles. The maximum Gasteiger partial charge on any atom is 0.331 e. The van der Waals surface area contributed by atoms with Gasteiger partial charge in [-0.1, -0.05) is 13.0 Å². The second-order valence-electron chi connectivity index (χ2n) is 3.39. The quantitative estimate of drug-likeness (QED) is 0.819. The van der Waals surface area contributed by atoms with Crippen LogP contribution in [0.2, 0.25) is 0 Å². The molecule has 0 radical (unpaired) electrons. The Kier molecular flexibility index (Phi) is 5.15. The highest BCUT2D eigenvalue weighted by atomic mass is 79.9. The zero-order valence-electron chi connectivity index (χ0n) is 9.34. The van der Waals surface area contributed by atoms with E-state index in [-0.39, 0.29) is 5.82 Å². The van der Waals surface area contributed by atoms with E-state index in [1.165, 1.54) is 12.1 Å². The molecule has 0 atom stereocenters. The van der Waals surface area contributed by atoms with Gasteiger partial charge in [-0.3, -0.25) is 0 Å². The highest BCUT2D eigenvalue weighted by molar-refractivity contribution is 9.10. The van der Waals surface area contributed by atoms with Crippen LogP contribution in [0.4, 0.5) is 10.1 Å². The molecule has 0 heterocycles. The summed E-state index contributed by atoms with van der Waals surface area (Å²) in [6, 6.07) is 4.29. The van der Waals surface area contributed by atoms with Crippen molar-refractivity contribution in [3.8, 4) is 0 Å². The van der Waals surface area contributed by atoms with Gasteiger partial charge in [0.15, 0.2) is 0 Å². The third kappa shape index (κ3) is 4.19. The number of anilines is 1. The molecule has 2 N–H and O–H groups in total. The minimum atomic E-state index is -0.910. The van der Waals surface area contributed by atoms with Crippen LogP contribution in [0, 0.1) is 5.82 Å². The lowest BCUT2D eigenvalue weighted by Gasteiger charge is -2.06. The summed E-state index contributed by atoms with van der Waals surface area (Å²) in [4.78, 5) is 10.7. The van der Waals surface area contributed by atoms with Crippen LogP contribution in [0.1, 0.15) is 13.3 Å². The average molecular weight is 302 g/mol. The zero-order valence-corrected chi connectivity index (χ0v) is 10.9. The first-order valence-electron chi connectivity index (χ1n) is 5.15. The molecule has 0 saturated carbocycles. The lowest BCUT2D eigenvalue weighted by molar-refractivity contribution is -0.132. The number of carboxylic acids is 1. The van der Waals surface area contributed by atoms with Crippen LogP contribution in [0.5, 0.6) is 0 Å². The van der Waals surface area contributed by atoms with Crippen LogP contribution >= 0.6 is 15.9 Å². The first-order valence-corrected chi connectivity index (χ1v) is 5.95. The van der Waals surface area contributed by atoms with Crippen LogP contribution in [0.25, 0.3) is 0 Å². The highest BCUT2D eigenvalue weighted by Gasteiger charge is 2.04. The van der Waals surface area contributed by atoms with E-state index in [9.17, 15) is 9.18 Å². The van der Waals surface area contributed by atoms with Crippen molar-refractivity contribution in [2.24, 2.45) is 0 Å². The molecule has 0 spiro atoms. The molecule has 0 saturated heterocycles. The van der Waals surface area contributed by atoms with E-state index in [1.54, 1.807) is 19.1 Å². The molecule has 1 rings (SSSR count). The van der Waals surface area contributed by atoms with Gasteiger partial charge in [0.05, 0.1) is 0 Å². The van der Waals surface area contributed by atoms with Gasteiger partial charge in [-0.05, 0) is 40.5 Å². The minimum absolute atomic E-state index is 0.322. The number of aliphatic carboxylic acids is 1. The Hall–Kier alpha value is -1.36. The van der Waals surface area contributed by atoms with Gasteiger partial charge in [0.25, 0.3) is 0 Å². The Labute approximate surface area is 107 Å². The van der Waals surface area contributed by atoms with Crippen molar-refractivity contribution >= 4 is 27.6 Å². The van der Waals surface area contributed by atoms with Gasteiger partial charge >= 0.3 is 5.97 Å². The smallest absolute Gasteiger partial charge is 0.331 e. The maximum absolute atomic E-state index is 12.8. The minimum Gasteiger partial charge on any atom is -0.478 e. The van der Waals surface area contributed by atoms with Gasteiger partial charge in [-0.15, -0.1) is 0 Å². The SMILES string of the molecule is CC/C(=C/CNc1ccc(F)cc1Br)C(=O)O. The monoisotopic (exact) mass is 301 g/mol. The van der Waals surface area contributed by atoms with Crippen molar-refractivity contribution in [3.63, 3.8) is 0 Å². The molecular weight excluding hydrogens is 289 g/mol. The van der Waals surface area contributed by atoms with E-state index < -0.39 is 5.97 Å². The van der Waals surface area contributed by atoms with Gasteiger partial charge in [0.1, 0.15) is 5.82 Å². The van der Waals surface area contributed by atoms with E-state index in [1.807, 2.05) is 0 Å². The van der Waals surface area contributed by atoms with E-state index >= 15 is 0 Å². The van der Waals surface area contributed by atoms with Gasteiger partial charge in [-0.2, -0.15) is 0 Å². The van der Waals surface area contributed by atoms with Crippen LogP contribution < -0.4 is 5.32 Å². The zero-order chi connectivity index (χ0) is 12.8. The number of benzene rings is 1. The van der Waals surface area contributed by atoms with Crippen molar-refractivity contribution in [1.82, 2.24) is 0 Å². The summed E-state index contributed by atoms with van der Waals surface area (Å²) in [5, 5.41) is 11.8. The second kappa shape index (κ2) is 6.39. The molecule has 0 aliphatic rings. The predicted molar refractivity (Wildman–Crippen MR) is 68.6 cm³/mol. The first-order chi connectivity index (χ1) is 8.04. The number of halogens is 2. The summed E-state index contributed by atoms with van der Waals surface area (Å²) in [5.41, 5.74) is 1.08. The number of nitrogens with one attached hydrogen (secondary N) is 1. The van der Waals surface area contributed by atoms with E-state index in [0.717, 1.165) is 5.69 Å². The number of carbonyl (C=O) groups is 1. The van der Waals surface area contributed by atoms with E-state index in [2.05, 4.69) is 21.2 Å². The molecule has 1 aromatic carbocycles. The van der Waals surface area contributed by atoms with Gasteiger partial charge in [0.2, 0.25) is 0 Å². The normalized spacial score (nSPS) is 11.4. The van der Waals surface area contributed by atoms with Crippen LogP contribution in [0.3, 0.4) is 0 Å². The Morgan fingerprint density at radius 1 is 1.59 bits per heavy atom. The molecule has 92 valence electrons. The Morgan fingerprint density at radius 2 is 2.29 bits per heavy atom. The first kappa shape index (κ1) is 13.7. The summed E-state index contributed by atoms with van der Waals surface area (Å²) in [7, 11) is 0. The average Bonchev–Trinajstić information content (AvgIpc) is 2.26. The lowest BCUT2D eigenvalue weighted by Crippen LogP contribution is -2.05. The molecule has 0 amide bonds. The molecule has 17 heavy (non-hydrogen) atoms. The summed E-state index contributed by atoms with van der Waals surface area (Å²) in [5.74, 6) is -1.23. The molecule has 5 heteroatoms. The van der Waals surface area contributed by atoms with Crippen molar-refractivity contribution in [2.45, 2.75) is 13.3 Å². The summed E-state index contributed by atoms with van der Waals surface area (Å²) >= 11 is 3.22. The van der Waals surface area contributed by atoms with Crippen LogP contribution in [-0.4, -0.2) is 17.6 Å². The van der Waals surface area contributed by atoms with Crippen molar-refractivity contribution in [2.75, 3.05) is 11.9 Å². The third-order valence-corrected chi connectivity index (χ3v) is 2.88. The molecule has 0 unspecified atom stereocenters. The van der Waals surface area contributed by atoms with Crippen molar-refractivity contribution < 1.29 is 14.3 Å². The fourth-order valence-electron chi connectivity index (χ4n) is 1.30. The number of hydrogen-bond donors (Lipinski definition) is 2. The van der Waals surface area contributed by atoms with Gasteiger partial charge < -0.3 is 10.4 Å². The number of rotatable bonds is 5. The van der Waals surface area contributed by atoms with E-state index in [4.69, 9.17) is 5.11 Å². The molecule has 0 fully saturated rings. The molecule has 0 bridgehead atoms. The summed E-state index contributed by atoms with van der Waals surface area (Å²) in [6.07, 6.45) is 2.08. The summed E-state index contributed by atoms with van der Waals surface area (Å²) < 4.78 is 13.4. The van der Waals surface area contributed by atoms with E-state index in [0.29, 0.717) is 23.0 Å². The molecule has 0 aliphatic carbocycles. The van der Waals surface area contributed by atoms with Crippen LogP contribution in [0.15, 0.2) is 34.3 Å². The predicted octanol–water partition coefficient (Wildman–Crippen LogP) is 3.42. The maximum atomic E-state index is 12.8. The Morgan fingerprint density at radius 3 is 2.82 bits per heavy atom. The number of hydrogen-bond acceptors (Lipinski definition) is 2. The van der Waals surface area contributed by atoms with Crippen molar-refractivity contribution in [1.29, 1.82) is 0 Å². The fraction of sp³-hybridized carbons (Fsp3) is 0.250. The fourth-order valence-corrected chi connectivity index (χ4v) is 1.79.